The molecule has 6 nitrogen and oxygen atoms in total. The van der Waals surface area contributed by atoms with Crippen LogP contribution in [0.3, 0.4) is 0 Å². The summed E-state index contributed by atoms with van der Waals surface area (Å²) in [5, 5.41) is 5.99. The van der Waals surface area contributed by atoms with Gasteiger partial charge in [0.05, 0.1) is 22.1 Å². The Kier molecular flexibility index (Phi) is 2.91. The van der Waals surface area contributed by atoms with Crippen molar-refractivity contribution >= 4 is 32.8 Å². The first-order chi connectivity index (χ1) is 12.6. The number of ether oxygens (including phenoxy) is 1. The van der Waals surface area contributed by atoms with Gasteiger partial charge in [-0.2, -0.15) is 0 Å². The Hall–Kier alpha value is -3.37. The Bertz CT molecular complexity index is 1260. The molecule has 1 aliphatic heterocycles. The van der Waals surface area contributed by atoms with E-state index in [2.05, 4.69) is 10.0 Å². The van der Waals surface area contributed by atoms with Gasteiger partial charge in [0.2, 0.25) is 0 Å². The highest BCUT2D eigenvalue weighted by molar-refractivity contribution is 6.11. The first-order valence-corrected chi connectivity index (χ1v) is 8.44. The van der Waals surface area contributed by atoms with Crippen LogP contribution in [0.15, 0.2) is 53.6 Å². The second-order valence-corrected chi connectivity index (χ2v) is 7.01. The molecule has 0 bridgehead atoms. The third-order valence-electron chi connectivity index (χ3n) is 4.96. The Morgan fingerprint density at radius 3 is 2.27 bits per heavy atom. The van der Waals surface area contributed by atoms with Crippen molar-refractivity contribution in [3.8, 4) is 5.75 Å². The summed E-state index contributed by atoms with van der Waals surface area (Å²) >= 11 is 0. The monoisotopic (exact) mass is 341 g/mol. The highest BCUT2D eigenvalue weighted by Gasteiger charge is 2.43. The number of para-hydroxylation sites is 2. The average molecular weight is 341 g/mol. The molecule has 0 aliphatic carbocycles. The Labute approximate surface area is 149 Å². The first-order valence-electron chi connectivity index (χ1n) is 8.44. The lowest BCUT2D eigenvalue weighted by Gasteiger charge is -2.22. The van der Waals surface area contributed by atoms with Crippen LogP contribution in [-0.4, -0.2) is 15.6 Å². The summed E-state index contributed by atoms with van der Waals surface area (Å²) < 4.78 is 6.26. The van der Waals surface area contributed by atoms with Crippen LogP contribution in [-0.2, 0) is 0 Å². The van der Waals surface area contributed by atoms with Crippen LogP contribution in [0.2, 0.25) is 0 Å². The van der Waals surface area contributed by atoms with Gasteiger partial charge in [-0.1, -0.05) is 41.5 Å². The Morgan fingerprint density at radius 1 is 0.962 bits per heavy atom. The third kappa shape index (κ3) is 1.90. The molecule has 5 rings (SSSR count). The summed E-state index contributed by atoms with van der Waals surface area (Å²) in [4.78, 5) is 12.8. The van der Waals surface area contributed by atoms with E-state index in [0.29, 0.717) is 0 Å². The van der Waals surface area contributed by atoms with E-state index in [9.17, 15) is 0 Å². The molecule has 126 valence electrons. The van der Waals surface area contributed by atoms with Gasteiger partial charge >= 0.3 is 0 Å². The van der Waals surface area contributed by atoms with E-state index >= 15 is 0 Å². The van der Waals surface area contributed by atoms with Crippen molar-refractivity contribution in [1.29, 1.82) is 0 Å². The third-order valence-corrected chi connectivity index (χ3v) is 4.96. The van der Waals surface area contributed by atoms with Crippen LogP contribution in [0.1, 0.15) is 25.5 Å². The molecule has 1 atom stereocenters. The summed E-state index contributed by atoms with van der Waals surface area (Å²) in [5.41, 5.74) is 12.5. The first kappa shape index (κ1) is 14.9. The van der Waals surface area contributed by atoms with Gasteiger partial charge < -0.3 is 4.74 Å². The number of rotatable bonds is 1. The summed E-state index contributed by atoms with van der Waals surface area (Å²) in [5.74, 6) is 0.736. The second-order valence-electron chi connectivity index (χ2n) is 7.01. The lowest BCUT2D eigenvalue weighted by Crippen LogP contribution is -2.28. The molecule has 1 aliphatic rings. The Balaban J connectivity index is 2.04. The minimum absolute atomic E-state index is 0.468. The zero-order valence-electron chi connectivity index (χ0n) is 14.3. The van der Waals surface area contributed by atoms with Gasteiger partial charge in [-0.15, -0.1) is 0 Å². The lowest BCUT2D eigenvalue weighted by molar-refractivity contribution is 0.113. The van der Waals surface area contributed by atoms with E-state index in [1.165, 1.54) is 0 Å². The fourth-order valence-corrected chi connectivity index (χ4v) is 3.79. The molecule has 0 saturated heterocycles. The van der Waals surface area contributed by atoms with Gasteiger partial charge in [0, 0.05) is 21.2 Å². The number of nitrogens with zero attached hydrogens (tertiary/aromatic N) is 5. The highest BCUT2D eigenvalue weighted by atomic mass is 16.5. The molecule has 26 heavy (non-hydrogen) atoms. The molecule has 3 aromatic carbocycles. The van der Waals surface area contributed by atoms with Crippen LogP contribution in [0, 0.1) is 0 Å². The van der Waals surface area contributed by atoms with Crippen LogP contribution in [0.4, 0.5) is 0 Å². The molecule has 1 unspecified atom stereocenters. The molecule has 0 fully saturated rings. The van der Waals surface area contributed by atoms with Gasteiger partial charge in [0.15, 0.2) is 0 Å². The number of aromatic nitrogens is 2. The zero-order chi connectivity index (χ0) is 17.9. The molecule has 0 N–H and O–H groups in total. The molecular weight excluding hydrogens is 326 g/mol. The van der Waals surface area contributed by atoms with Crippen molar-refractivity contribution in [2.45, 2.75) is 25.5 Å². The highest BCUT2D eigenvalue weighted by Crippen LogP contribution is 2.52. The number of fused-ring (bicyclic) bond motifs is 7. The summed E-state index contributed by atoms with van der Waals surface area (Å²) in [6, 6.07) is 15.3. The molecule has 0 amide bonds. The molecule has 0 spiro atoms. The number of hydrogen-bond acceptors (Lipinski definition) is 4. The fourth-order valence-electron chi connectivity index (χ4n) is 3.79. The summed E-state index contributed by atoms with van der Waals surface area (Å²) in [7, 11) is 0. The minimum atomic E-state index is -0.654. The summed E-state index contributed by atoms with van der Waals surface area (Å²) in [6.07, 6.45) is 0. The SMILES string of the molecule is CC1(C)Oc2c(c3nc4ccccc4nc3c3ccccc23)C1N=[N+]=[N-]. The van der Waals surface area contributed by atoms with Crippen LogP contribution >= 0.6 is 0 Å². The Morgan fingerprint density at radius 2 is 1.58 bits per heavy atom. The van der Waals surface area contributed by atoms with Crippen LogP contribution < -0.4 is 4.74 Å². The number of hydrogen-bond donors (Lipinski definition) is 0. The van der Waals surface area contributed by atoms with Gasteiger partial charge in [0.1, 0.15) is 17.4 Å². The molecule has 6 heteroatoms. The van der Waals surface area contributed by atoms with Crippen molar-refractivity contribution in [3.05, 3.63) is 64.5 Å². The van der Waals surface area contributed by atoms with E-state index < -0.39 is 11.6 Å². The topological polar surface area (TPSA) is 83.8 Å². The number of azide groups is 1. The molecule has 0 radical (unpaired) electrons. The smallest absolute Gasteiger partial charge is 0.134 e. The molecule has 2 heterocycles. The predicted molar refractivity (Wildman–Crippen MR) is 101 cm³/mol. The zero-order valence-corrected chi connectivity index (χ0v) is 14.3. The van der Waals surface area contributed by atoms with E-state index in [1.807, 2.05) is 62.4 Å². The quantitative estimate of drug-likeness (QED) is 0.151. The maximum absolute atomic E-state index is 9.11. The molecular formula is C20H15N5O. The van der Waals surface area contributed by atoms with Crippen molar-refractivity contribution < 1.29 is 4.74 Å². The minimum Gasteiger partial charge on any atom is -0.486 e. The van der Waals surface area contributed by atoms with Crippen LogP contribution in [0.5, 0.6) is 5.75 Å². The van der Waals surface area contributed by atoms with Crippen LogP contribution in [0.25, 0.3) is 43.3 Å². The van der Waals surface area contributed by atoms with Gasteiger partial charge in [-0.3, -0.25) is 0 Å². The average Bonchev–Trinajstić information content (AvgIpc) is 2.92. The van der Waals surface area contributed by atoms with E-state index in [1.54, 1.807) is 0 Å². The maximum atomic E-state index is 9.11. The number of benzene rings is 3. The van der Waals surface area contributed by atoms with E-state index in [-0.39, 0.29) is 0 Å². The largest absolute Gasteiger partial charge is 0.486 e. The molecule has 0 saturated carbocycles. The standard InChI is InChI=1S/C20H15N5O/c1-20(2)19(24-25-21)15-17-16(22-13-9-5-6-10-14(13)23-17)11-7-3-4-8-12(11)18(15)26-20/h3-10,19H,1-2H3. The van der Waals surface area contributed by atoms with Crippen molar-refractivity contribution in [1.82, 2.24) is 9.97 Å². The van der Waals surface area contributed by atoms with Gasteiger partial charge in [-0.05, 0) is 31.5 Å². The molecule has 1 aromatic heterocycles. The van der Waals surface area contributed by atoms with Gasteiger partial charge in [0.25, 0.3) is 0 Å². The van der Waals surface area contributed by atoms with Crippen molar-refractivity contribution in [3.63, 3.8) is 0 Å². The van der Waals surface area contributed by atoms with Crippen molar-refractivity contribution in [2.75, 3.05) is 0 Å². The van der Waals surface area contributed by atoms with Crippen molar-refractivity contribution in [2.24, 2.45) is 5.11 Å². The lowest BCUT2D eigenvalue weighted by atomic mass is 9.92. The maximum Gasteiger partial charge on any atom is 0.134 e. The van der Waals surface area contributed by atoms with E-state index in [0.717, 1.165) is 44.2 Å². The molecule has 4 aromatic rings. The second kappa shape index (κ2) is 5.07. The summed E-state index contributed by atoms with van der Waals surface area (Å²) in [6.45, 7) is 3.86. The predicted octanol–water partition coefficient (Wildman–Crippen LogP) is 5.46. The normalized spacial score (nSPS) is 17.8. The van der Waals surface area contributed by atoms with E-state index in [4.69, 9.17) is 20.2 Å². The fraction of sp³-hybridized carbons (Fsp3) is 0.200. The van der Waals surface area contributed by atoms with Gasteiger partial charge in [-0.25, -0.2) is 9.97 Å².